The van der Waals surface area contributed by atoms with Gasteiger partial charge in [0.25, 0.3) is 0 Å². The highest BCUT2D eigenvalue weighted by Crippen LogP contribution is 2.39. The SMILES string of the molecule is COc1nc(OC)c(C=C(C#N)C#N)c(N2CCc3ccccc32)n1. The van der Waals surface area contributed by atoms with Crippen LogP contribution in [-0.2, 0) is 6.42 Å². The van der Waals surface area contributed by atoms with Crippen molar-refractivity contribution in [1.82, 2.24) is 9.97 Å². The van der Waals surface area contributed by atoms with Gasteiger partial charge in [-0.15, -0.1) is 0 Å². The van der Waals surface area contributed by atoms with Crippen molar-refractivity contribution in [1.29, 1.82) is 10.5 Å². The quantitative estimate of drug-likeness (QED) is 0.794. The molecule has 2 aromatic rings. The van der Waals surface area contributed by atoms with Gasteiger partial charge in [0.05, 0.1) is 19.8 Å². The Morgan fingerprint density at radius 3 is 2.60 bits per heavy atom. The van der Waals surface area contributed by atoms with Crippen molar-refractivity contribution >= 4 is 17.6 Å². The molecule has 1 aromatic carbocycles. The van der Waals surface area contributed by atoms with Gasteiger partial charge < -0.3 is 14.4 Å². The van der Waals surface area contributed by atoms with Gasteiger partial charge in [-0.05, 0) is 24.1 Å². The molecule has 0 unspecified atom stereocenters. The van der Waals surface area contributed by atoms with Crippen LogP contribution in [0.2, 0.25) is 0 Å². The topological polar surface area (TPSA) is 95.1 Å². The second kappa shape index (κ2) is 6.90. The largest absolute Gasteiger partial charge is 0.480 e. The number of para-hydroxylation sites is 1. The Morgan fingerprint density at radius 2 is 1.92 bits per heavy atom. The van der Waals surface area contributed by atoms with E-state index in [1.807, 2.05) is 35.2 Å². The molecule has 0 saturated carbocycles. The molecular weight excluding hydrogens is 318 g/mol. The normalized spacial score (nSPS) is 11.9. The fraction of sp³-hybridized carbons (Fsp3) is 0.222. The van der Waals surface area contributed by atoms with Gasteiger partial charge in [-0.2, -0.15) is 20.5 Å². The average Bonchev–Trinajstić information content (AvgIpc) is 3.09. The number of nitriles is 2. The standard InChI is InChI=1S/C18H15N5O2/c1-24-17-14(9-12(10-19)11-20)16(21-18(22-17)25-2)23-8-7-13-5-3-4-6-15(13)23/h3-6,9H,7-8H2,1-2H3. The zero-order chi connectivity index (χ0) is 17.8. The number of allylic oxidation sites excluding steroid dienone is 1. The van der Waals surface area contributed by atoms with Crippen molar-refractivity contribution in [2.24, 2.45) is 0 Å². The second-order valence-electron chi connectivity index (χ2n) is 5.27. The van der Waals surface area contributed by atoms with Crippen molar-refractivity contribution in [3.8, 4) is 24.0 Å². The van der Waals surface area contributed by atoms with Gasteiger partial charge in [-0.3, -0.25) is 0 Å². The summed E-state index contributed by atoms with van der Waals surface area (Å²) in [5, 5.41) is 18.2. The molecule has 0 fully saturated rings. The Balaban J connectivity index is 2.23. The molecule has 124 valence electrons. The van der Waals surface area contributed by atoms with E-state index in [1.54, 1.807) is 0 Å². The Labute approximate surface area is 145 Å². The van der Waals surface area contributed by atoms with E-state index in [1.165, 1.54) is 25.9 Å². The van der Waals surface area contributed by atoms with Crippen LogP contribution in [0.5, 0.6) is 11.9 Å². The highest BCUT2D eigenvalue weighted by molar-refractivity contribution is 5.79. The molecule has 0 aliphatic carbocycles. The Hall–Kier alpha value is -3.58. The Bertz CT molecular complexity index is 908. The van der Waals surface area contributed by atoms with Gasteiger partial charge in [-0.25, -0.2) is 0 Å². The van der Waals surface area contributed by atoms with Crippen LogP contribution in [0.25, 0.3) is 6.08 Å². The molecule has 0 atom stereocenters. The number of anilines is 2. The van der Waals surface area contributed by atoms with Crippen molar-refractivity contribution in [2.75, 3.05) is 25.7 Å². The van der Waals surface area contributed by atoms with Gasteiger partial charge in [0, 0.05) is 12.2 Å². The molecule has 7 nitrogen and oxygen atoms in total. The summed E-state index contributed by atoms with van der Waals surface area (Å²) >= 11 is 0. The molecule has 1 aliphatic heterocycles. The van der Waals surface area contributed by atoms with Crippen LogP contribution in [0.4, 0.5) is 11.5 Å². The molecule has 25 heavy (non-hydrogen) atoms. The number of ether oxygens (including phenoxy) is 2. The van der Waals surface area contributed by atoms with Crippen LogP contribution in [0.15, 0.2) is 29.8 Å². The molecule has 2 heterocycles. The van der Waals surface area contributed by atoms with E-state index in [0.717, 1.165) is 18.7 Å². The summed E-state index contributed by atoms with van der Waals surface area (Å²) in [5.41, 5.74) is 2.64. The van der Waals surface area contributed by atoms with E-state index in [0.29, 0.717) is 11.4 Å². The maximum absolute atomic E-state index is 9.10. The summed E-state index contributed by atoms with van der Waals surface area (Å²) in [5.74, 6) is 0.783. The zero-order valence-corrected chi connectivity index (χ0v) is 13.9. The van der Waals surface area contributed by atoms with E-state index in [-0.39, 0.29) is 17.5 Å². The lowest BCUT2D eigenvalue weighted by Crippen LogP contribution is -2.17. The van der Waals surface area contributed by atoms with Gasteiger partial charge in [0.2, 0.25) is 5.88 Å². The van der Waals surface area contributed by atoms with E-state index < -0.39 is 0 Å². The van der Waals surface area contributed by atoms with Gasteiger partial charge >= 0.3 is 6.01 Å². The minimum atomic E-state index is -0.0548. The maximum atomic E-state index is 9.10. The molecule has 7 heteroatoms. The number of benzene rings is 1. The fourth-order valence-electron chi connectivity index (χ4n) is 2.79. The first-order valence-corrected chi connectivity index (χ1v) is 7.59. The highest BCUT2D eigenvalue weighted by atomic mass is 16.5. The number of aromatic nitrogens is 2. The van der Waals surface area contributed by atoms with Crippen LogP contribution in [0.3, 0.4) is 0 Å². The number of hydrogen-bond acceptors (Lipinski definition) is 7. The number of hydrogen-bond donors (Lipinski definition) is 0. The van der Waals surface area contributed by atoms with E-state index in [4.69, 9.17) is 20.0 Å². The molecule has 1 aliphatic rings. The van der Waals surface area contributed by atoms with Crippen molar-refractivity contribution < 1.29 is 9.47 Å². The van der Waals surface area contributed by atoms with E-state index in [2.05, 4.69) is 16.0 Å². The van der Waals surface area contributed by atoms with Crippen LogP contribution in [0.1, 0.15) is 11.1 Å². The summed E-state index contributed by atoms with van der Waals surface area (Å²) < 4.78 is 10.5. The van der Waals surface area contributed by atoms with Gasteiger partial charge in [0.15, 0.2) is 5.82 Å². The number of nitrogens with zero attached hydrogens (tertiary/aromatic N) is 5. The second-order valence-corrected chi connectivity index (χ2v) is 5.27. The number of methoxy groups -OCH3 is 2. The highest BCUT2D eigenvalue weighted by Gasteiger charge is 2.26. The minimum absolute atomic E-state index is 0.0548. The Morgan fingerprint density at radius 1 is 1.16 bits per heavy atom. The van der Waals surface area contributed by atoms with Crippen LogP contribution in [0, 0.1) is 22.7 Å². The van der Waals surface area contributed by atoms with Crippen molar-refractivity contribution in [3.05, 3.63) is 41.0 Å². The third-order valence-electron chi connectivity index (χ3n) is 3.92. The van der Waals surface area contributed by atoms with Gasteiger partial charge in [-0.1, -0.05) is 18.2 Å². The molecule has 3 rings (SSSR count). The molecule has 1 aromatic heterocycles. The predicted octanol–water partition coefficient (Wildman–Crippen LogP) is 2.62. The fourth-order valence-corrected chi connectivity index (χ4v) is 2.79. The van der Waals surface area contributed by atoms with E-state index in [9.17, 15) is 0 Å². The number of rotatable bonds is 4. The molecule has 0 N–H and O–H groups in total. The minimum Gasteiger partial charge on any atom is -0.480 e. The molecule has 0 radical (unpaired) electrons. The van der Waals surface area contributed by atoms with E-state index >= 15 is 0 Å². The summed E-state index contributed by atoms with van der Waals surface area (Å²) in [7, 11) is 2.95. The zero-order valence-electron chi connectivity index (χ0n) is 13.9. The first-order chi connectivity index (χ1) is 12.2. The predicted molar refractivity (Wildman–Crippen MR) is 91.5 cm³/mol. The van der Waals surface area contributed by atoms with Crippen LogP contribution in [-0.4, -0.2) is 30.7 Å². The molecular formula is C18H15N5O2. The lowest BCUT2D eigenvalue weighted by Gasteiger charge is -2.22. The average molecular weight is 333 g/mol. The summed E-state index contributed by atoms with van der Waals surface area (Å²) in [6.45, 7) is 0.720. The molecule has 0 amide bonds. The summed E-state index contributed by atoms with van der Waals surface area (Å²) in [4.78, 5) is 10.6. The first-order valence-electron chi connectivity index (χ1n) is 7.59. The smallest absolute Gasteiger partial charge is 0.321 e. The molecule has 0 spiro atoms. The first kappa shape index (κ1) is 16.3. The third-order valence-corrected chi connectivity index (χ3v) is 3.92. The van der Waals surface area contributed by atoms with Crippen molar-refractivity contribution in [3.63, 3.8) is 0 Å². The number of fused-ring (bicyclic) bond motifs is 1. The van der Waals surface area contributed by atoms with Crippen molar-refractivity contribution in [2.45, 2.75) is 6.42 Å². The molecule has 0 bridgehead atoms. The molecule has 0 saturated heterocycles. The monoisotopic (exact) mass is 333 g/mol. The summed E-state index contributed by atoms with van der Waals surface area (Å²) in [6, 6.07) is 11.9. The van der Waals surface area contributed by atoms with Crippen LogP contribution >= 0.6 is 0 Å². The lowest BCUT2D eigenvalue weighted by atomic mass is 10.1. The Kier molecular flexibility index (Phi) is 4.49. The maximum Gasteiger partial charge on any atom is 0.321 e. The third kappa shape index (κ3) is 2.96. The van der Waals surface area contributed by atoms with Crippen LogP contribution < -0.4 is 14.4 Å². The van der Waals surface area contributed by atoms with Gasteiger partial charge in [0.1, 0.15) is 17.7 Å². The lowest BCUT2D eigenvalue weighted by molar-refractivity contribution is 0.352. The summed E-state index contributed by atoms with van der Waals surface area (Å²) in [6.07, 6.45) is 2.31.